The molecule has 0 bridgehead atoms. The minimum absolute atomic E-state index is 0.125. The van der Waals surface area contributed by atoms with Crippen LogP contribution in [-0.4, -0.2) is 77.7 Å². The Kier molecular flexibility index (Phi) is 7.86. The summed E-state index contributed by atoms with van der Waals surface area (Å²) in [5.74, 6) is 0.819. The van der Waals surface area contributed by atoms with Gasteiger partial charge in [0.15, 0.2) is 0 Å². The van der Waals surface area contributed by atoms with E-state index in [-0.39, 0.29) is 24.2 Å². The van der Waals surface area contributed by atoms with E-state index >= 15 is 0 Å². The number of imide groups is 1. The molecule has 0 aliphatic carbocycles. The fourth-order valence-corrected chi connectivity index (χ4v) is 5.69. The van der Waals surface area contributed by atoms with Gasteiger partial charge in [-0.05, 0) is 65.4 Å². The third kappa shape index (κ3) is 5.48. The summed E-state index contributed by atoms with van der Waals surface area (Å²) in [4.78, 5) is 32.9. The summed E-state index contributed by atoms with van der Waals surface area (Å²) in [6, 6.07) is 22.8. The highest BCUT2D eigenvalue weighted by Gasteiger charge is 2.57. The molecule has 8 heteroatoms. The second-order valence-electron chi connectivity index (χ2n) is 10.2. The van der Waals surface area contributed by atoms with Crippen molar-refractivity contribution in [1.82, 2.24) is 14.7 Å². The van der Waals surface area contributed by atoms with Crippen LogP contribution in [-0.2, 0) is 22.6 Å². The molecule has 3 amide bonds. The van der Waals surface area contributed by atoms with Crippen molar-refractivity contribution in [2.75, 3.05) is 40.5 Å². The molecule has 0 aromatic heterocycles. The second-order valence-corrected chi connectivity index (χ2v) is 10.2. The Morgan fingerprint density at radius 3 is 2.23 bits per heavy atom. The van der Waals surface area contributed by atoms with Gasteiger partial charge in [0.2, 0.25) is 0 Å². The number of nitrogens with zero attached hydrogens (tertiary/aromatic N) is 3. The average Bonchev–Trinajstić information content (AvgIpc) is 3.14. The van der Waals surface area contributed by atoms with Crippen molar-refractivity contribution in [1.29, 1.82) is 0 Å². The lowest BCUT2D eigenvalue weighted by molar-refractivity contribution is -0.136. The van der Waals surface area contributed by atoms with Gasteiger partial charge in [-0.2, -0.15) is 0 Å². The van der Waals surface area contributed by atoms with Crippen LogP contribution in [0.4, 0.5) is 4.79 Å². The fourth-order valence-electron chi connectivity index (χ4n) is 5.69. The molecule has 8 nitrogen and oxygen atoms in total. The highest BCUT2D eigenvalue weighted by molar-refractivity contribution is 6.07. The predicted octanol–water partition coefficient (Wildman–Crippen LogP) is 4.51. The number of benzene rings is 3. The lowest BCUT2D eigenvalue weighted by Gasteiger charge is -2.42. The van der Waals surface area contributed by atoms with Crippen molar-refractivity contribution in [3.05, 3.63) is 83.9 Å². The van der Waals surface area contributed by atoms with Gasteiger partial charge in [0.25, 0.3) is 5.91 Å². The number of amides is 3. The molecule has 3 aromatic carbocycles. The van der Waals surface area contributed by atoms with E-state index in [4.69, 9.17) is 9.47 Å². The smallest absolute Gasteiger partial charge is 0.328 e. The SMILES string of the molecule is COCCN1C(=O)N(Cc2cccc(OC)c2)C(=O)C12CCN(Cc1cccc(-c3ccc(O)cc3)c1)CC2. The first-order chi connectivity index (χ1) is 18.9. The van der Waals surface area contributed by atoms with Crippen molar-refractivity contribution in [2.45, 2.75) is 31.5 Å². The highest BCUT2D eigenvalue weighted by Crippen LogP contribution is 2.38. The Labute approximate surface area is 229 Å². The number of hydrogen-bond acceptors (Lipinski definition) is 6. The number of carbonyl (C=O) groups is 2. The molecule has 3 aromatic rings. The Hall–Kier alpha value is -3.88. The maximum Gasteiger partial charge on any atom is 0.328 e. The number of methoxy groups -OCH3 is 2. The Bertz CT molecular complexity index is 1320. The molecule has 2 heterocycles. The standard InChI is InChI=1S/C31H35N3O5/c1-38-18-17-34-30(37)33(22-24-6-4-8-28(20-24)39-2)29(36)31(34)13-15-32(16-14-31)21-23-5-3-7-26(19-23)25-9-11-27(35)12-10-25/h3-12,19-20,35H,13-18,21-22H2,1-2H3. The van der Waals surface area contributed by atoms with E-state index in [0.717, 1.165) is 23.2 Å². The van der Waals surface area contributed by atoms with Crippen LogP contribution in [0, 0.1) is 0 Å². The number of carbonyl (C=O) groups excluding carboxylic acids is 2. The maximum absolute atomic E-state index is 13.9. The molecule has 2 fully saturated rings. The molecule has 2 aliphatic rings. The Balaban J connectivity index is 1.30. The van der Waals surface area contributed by atoms with E-state index in [9.17, 15) is 14.7 Å². The summed E-state index contributed by atoms with van der Waals surface area (Å²) in [6.07, 6.45) is 1.15. The van der Waals surface area contributed by atoms with Gasteiger partial charge in [0, 0.05) is 33.3 Å². The van der Waals surface area contributed by atoms with E-state index in [1.54, 1.807) is 31.3 Å². The fraction of sp³-hybridized carbons (Fsp3) is 0.355. The van der Waals surface area contributed by atoms with E-state index in [1.807, 2.05) is 42.5 Å². The Morgan fingerprint density at radius 2 is 1.54 bits per heavy atom. The lowest BCUT2D eigenvalue weighted by atomic mass is 9.85. The number of piperidine rings is 1. The topological polar surface area (TPSA) is 82.6 Å². The van der Waals surface area contributed by atoms with Gasteiger partial charge in [0.1, 0.15) is 17.0 Å². The van der Waals surface area contributed by atoms with E-state index in [1.165, 1.54) is 10.5 Å². The van der Waals surface area contributed by atoms with E-state index in [0.29, 0.717) is 44.8 Å². The number of likely N-dealkylation sites (tertiary alicyclic amines) is 1. The normalized spacial score (nSPS) is 17.3. The molecule has 5 rings (SSSR count). The first-order valence-electron chi connectivity index (χ1n) is 13.3. The highest BCUT2D eigenvalue weighted by atomic mass is 16.5. The summed E-state index contributed by atoms with van der Waals surface area (Å²) in [6.45, 7) is 3.15. The molecule has 0 unspecified atom stereocenters. The van der Waals surface area contributed by atoms with Crippen molar-refractivity contribution in [2.24, 2.45) is 0 Å². The largest absolute Gasteiger partial charge is 0.508 e. The van der Waals surface area contributed by atoms with Crippen LogP contribution in [0.15, 0.2) is 72.8 Å². The summed E-state index contributed by atoms with van der Waals surface area (Å²) in [7, 11) is 3.21. The number of aromatic hydroxyl groups is 1. The number of rotatable bonds is 9. The average molecular weight is 530 g/mol. The van der Waals surface area contributed by atoms with Gasteiger partial charge in [-0.25, -0.2) is 4.79 Å². The van der Waals surface area contributed by atoms with Crippen LogP contribution >= 0.6 is 0 Å². The maximum atomic E-state index is 13.9. The third-order valence-electron chi connectivity index (χ3n) is 7.83. The molecule has 0 radical (unpaired) electrons. The second kappa shape index (κ2) is 11.5. The number of ether oxygens (including phenoxy) is 2. The lowest BCUT2D eigenvalue weighted by Crippen LogP contribution is -2.57. The zero-order valence-corrected chi connectivity index (χ0v) is 22.5. The minimum Gasteiger partial charge on any atom is -0.508 e. The molecule has 39 heavy (non-hydrogen) atoms. The number of phenolic OH excluding ortho intramolecular Hbond substituents is 1. The van der Waals surface area contributed by atoms with Crippen molar-refractivity contribution in [3.63, 3.8) is 0 Å². The summed E-state index contributed by atoms with van der Waals surface area (Å²) in [5, 5.41) is 9.60. The van der Waals surface area contributed by atoms with Crippen LogP contribution in [0.1, 0.15) is 24.0 Å². The molecule has 2 aliphatic heterocycles. The quantitative estimate of drug-likeness (QED) is 0.411. The predicted molar refractivity (Wildman–Crippen MR) is 148 cm³/mol. The summed E-state index contributed by atoms with van der Waals surface area (Å²) >= 11 is 0. The Morgan fingerprint density at radius 1 is 0.846 bits per heavy atom. The van der Waals surface area contributed by atoms with Crippen molar-refractivity contribution in [3.8, 4) is 22.6 Å². The van der Waals surface area contributed by atoms with Gasteiger partial charge < -0.3 is 19.5 Å². The molecule has 0 saturated carbocycles. The zero-order valence-electron chi connectivity index (χ0n) is 22.5. The zero-order chi connectivity index (χ0) is 27.4. The number of urea groups is 1. The molecule has 2 saturated heterocycles. The first-order valence-corrected chi connectivity index (χ1v) is 13.3. The first kappa shape index (κ1) is 26.7. The van der Waals surface area contributed by atoms with E-state index < -0.39 is 5.54 Å². The van der Waals surface area contributed by atoms with Crippen LogP contribution in [0.25, 0.3) is 11.1 Å². The van der Waals surface area contributed by atoms with Crippen LogP contribution in [0.3, 0.4) is 0 Å². The van der Waals surface area contributed by atoms with Crippen LogP contribution in [0.2, 0.25) is 0 Å². The molecule has 0 atom stereocenters. The van der Waals surface area contributed by atoms with Gasteiger partial charge >= 0.3 is 6.03 Å². The van der Waals surface area contributed by atoms with Gasteiger partial charge in [-0.15, -0.1) is 0 Å². The minimum atomic E-state index is -0.848. The summed E-state index contributed by atoms with van der Waals surface area (Å²) in [5.41, 5.74) is 3.33. The number of phenols is 1. The molecule has 1 N–H and O–H groups in total. The van der Waals surface area contributed by atoms with Crippen molar-refractivity contribution < 1.29 is 24.2 Å². The summed E-state index contributed by atoms with van der Waals surface area (Å²) < 4.78 is 10.6. The van der Waals surface area contributed by atoms with E-state index in [2.05, 4.69) is 23.1 Å². The molecular weight excluding hydrogens is 494 g/mol. The molecule has 204 valence electrons. The van der Waals surface area contributed by atoms with Gasteiger partial charge in [-0.1, -0.05) is 42.5 Å². The number of hydrogen-bond donors (Lipinski definition) is 1. The van der Waals surface area contributed by atoms with Crippen LogP contribution < -0.4 is 4.74 Å². The third-order valence-corrected chi connectivity index (χ3v) is 7.83. The molecule has 1 spiro atoms. The van der Waals surface area contributed by atoms with Gasteiger partial charge in [0.05, 0.1) is 20.3 Å². The van der Waals surface area contributed by atoms with Gasteiger partial charge in [-0.3, -0.25) is 14.6 Å². The van der Waals surface area contributed by atoms with Crippen LogP contribution in [0.5, 0.6) is 11.5 Å². The monoisotopic (exact) mass is 529 g/mol. The van der Waals surface area contributed by atoms with Crippen molar-refractivity contribution >= 4 is 11.9 Å². The molecular formula is C31H35N3O5.